The lowest BCUT2D eigenvalue weighted by Crippen LogP contribution is -2.41. The fourth-order valence-electron chi connectivity index (χ4n) is 2.58. The van der Waals surface area contributed by atoms with Crippen molar-refractivity contribution in [3.8, 4) is 11.5 Å². The van der Waals surface area contributed by atoms with Crippen LogP contribution in [0.5, 0.6) is 11.5 Å². The second kappa shape index (κ2) is 6.47. The van der Waals surface area contributed by atoms with Crippen molar-refractivity contribution in [3.63, 3.8) is 0 Å². The van der Waals surface area contributed by atoms with Crippen LogP contribution in [0.25, 0.3) is 0 Å². The quantitative estimate of drug-likeness (QED) is 0.886. The molecule has 1 saturated heterocycles. The normalized spacial score (nSPS) is 17.6. The smallest absolute Gasteiger partial charge is 0.326 e. The third-order valence-corrected chi connectivity index (χ3v) is 3.69. The van der Waals surface area contributed by atoms with Crippen molar-refractivity contribution in [1.82, 2.24) is 4.90 Å². The molecule has 1 N–H and O–H groups in total. The largest absolute Gasteiger partial charge is 0.497 e. The Morgan fingerprint density at radius 2 is 2.10 bits per heavy atom. The van der Waals surface area contributed by atoms with Crippen molar-refractivity contribution in [2.45, 2.75) is 25.3 Å². The van der Waals surface area contributed by atoms with Crippen molar-refractivity contribution in [2.24, 2.45) is 0 Å². The maximum absolute atomic E-state index is 12.3. The van der Waals surface area contributed by atoms with Crippen LogP contribution in [0.2, 0.25) is 0 Å². The van der Waals surface area contributed by atoms with Crippen LogP contribution in [-0.4, -0.2) is 48.7 Å². The number of aliphatic carboxylic acids is 1. The van der Waals surface area contributed by atoms with Crippen LogP contribution in [0.4, 0.5) is 0 Å². The monoisotopic (exact) mass is 293 g/mol. The number of amides is 1. The first-order valence-electron chi connectivity index (χ1n) is 6.80. The Kier molecular flexibility index (Phi) is 4.67. The molecule has 21 heavy (non-hydrogen) atoms. The molecule has 114 valence electrons. The highest BCUT2D eigenvalue weighted by molar-refractivity contribution is 5.86. The van der Waals surface area contributed by atoms with Gasteiger partial charge >= 0.3 is 5.97 Å². The lowest BCUT2D eigenvalue weighted by molar-refractivity contribution is -0.148. The molecule has 0 saturated carbocycles. The van der Waals surface area contributed by atoms with Crippen LogP contribution in [0.3, 0.4) is 0 Å². The summed E-state index contributed by atoms with van der Waals surface area (Å²) < 4.78 is 10.4. The Balaban J connectivity index is 2.14. The molecule has 1 aromatic rings. The van der Waals surface area contributed by atoms with E-state index in [0.717, 1.165) is 12.0 Å². The predicted octanol–water partition coefficient (Wildman–Crippen LogP) is 1.32. The van der Waals surface area contributed by atoms with E-state index in [9.17, 15) is 9.59 Å². The van der Waals surface area contributed by atoms with Crippen molar-refractivity contribution < 1.29 is 24.2 Å². The fourth-order valence-corrected chi connectivity index (χ4v) is 2.58. The molecule has 1 fully saturated rings. The first kappa shape index (κ1) is 15.2. The van der Waals surface area contributed by atoms with Crippen molar-refractivity contribution >= 4 is 11.9 Å². The number of likely N-dealkylation sites (tertiary alicyclic amines) is 1. The SMILES string of the molecule is COc1ccc(CC(=O)N2CCC[C@H]2C(=O)O)c(OC)c1. The molecular weight excluding hydrogens is 274 g/mol. The van der Waals surface area contributed by atoms with E-state index in [0.29, 0.717) is 24.5 Å². The van der Waals surface area contributed by atoms with Gasteiger partial charge in [-0.3, -0.25) is 4.79 Å². The second-order valence-corrected chi connectivity index (χ2v) is 4.94. The predicted molar refractivity (Wildman–Crippen MR) is 75.6 cm³/mol. The number of hydrogen-bond donors (Lipinski definition) is 1. The molecule has 1 atom stereocenters. The molecule has 0 aromatic heterocycles. The Morgan fingerprint density at radius 3 is 2.71 bits per heavy atom. The van der Waals surface area contributed by atoms with Gasteiger partial charge in [0.15, 0.2) is 0 Å². The molecular formula is C15H19NO5. The number of benzene rings is 1. The standard InChI is InChI=1S/C15H19NO5/c1-20-11-6-5-10(13(9-11)21-2)8-14(17)16-7-3-4-12(16)15(18)19/h5-6,9,12H,3-4,7-8H2,1-2H3,(H,18,19)/t12-/m0/s1. The van der Waals surface area contributed by atoms with Gasteiger partial charge in [0, 0.05) is 18.2 Å². The molecule has 1 aliphatic rings. The van der Waals surface area contributed by atoms with Gasteiger partial charge in [-0.2, -0.15) is 0 Å². The molecule has 0 bridgehead atoms. The number of carbonyl (C=O) groups excluding carboxylic acids is 1. The summed E-state index contributed by atoms with van der Waals surface area (Å²) in [5.41, 5.74) is 0.722. The van der Waals surface area contributed by atoms with Crippen LogP contribution < -0.4 is 9.47 Å². The van der Waals surface area contributed by atoms with E-state index in [1.165, 1.54) is 12.0 Å². The minimum atomic E-state index is -0.942. The number of rotatable bonds is 5. The maximum Gasteiger partial charge on any atom is 0.326 e. The highest BCUT2D eigenvalue weighted by Crippen LogP contribution is 2.26. The molecule has 1 amide bonds. The average Bonchev–Trinajstić information content (AvgIpc) is 2.97. The van der Waals surface area contributed by atoms with E-state index in [1.807, 2.05) is 0 Å². The maximum atomic E-state index is 12.3. The first-order valence-corrected chi connectivity index (χ1v) is 6.80. The molecule has 0 unspecified atom stereocenters. The fraction of sp³-hybridized carbons (Fsp3) is 0.467. The lowest BCUT2D eigenvalue weighted by Gasteiger charge is -2.22. The number of hydrogen-bond acceptors (Lipinski definition) is 4. The van der Waals surface area contributed by atoms with Gasteiger partial charge in [-0.05, 0) is 18.9 Å². The van der Waals surface area contributed by atoms with Crippen molar-refractivity contribution in [1.29, 1.82) is 0 Å². The number of carboxylic acid groups (broad SMARTS) is 1. The summed E-state index contributed by atoms with van der Waals surface area (Å²) in [6.45, 7) is 0.494. The van der Waals surface area contributed by atoms with Gasteiger partial charge in [-0.1, -0.05) is 6.07 Å². The van der Waals surface area contributed by atoms with Gasteiger partial charge in [-0.25, -0.2) is 4.79 Å². The average molecular weight is 293 g/mol. The van der Waals surface area contributed by atoms with Crippen LogP contribution in [0.15, 0.2) is 18.2 Å². The van der Waals surface area contributed by atoms with Crippen LogP contribution >= 0.6 is 0 Å². The summed E-state index contributed by atoms with van der Waals surface area (Å²) in [7, 11) is 3.08. The molecule has 2 rings (SSSR count). The first-order chi connectivity index (χ1) is 10.1. The van der Waals surface area contributed by atoms with Gasteiger partial charge in [0.25, 0.3) is 0 Å². The number of nitrogens with zero attached hydrogens (tertiary/aromatic N) is 1. The van der Waals surface area contributed by atoms with E-state index >= 15 is 0 Å². The van der Waals surface area contributed by atoms with Gasteiger partial charge in [0.1, 0.15) is 17.5 Å². The summed E-state index contributed by atoms with van der Waals surface area (Å²) in [4.78, 5) is 24.9. The number of carboxylic acids is 1. The summed E-state index contributed by atoms with van der Waals surface area (Å²) >= 11 is 0. The Morgan fingerprint density at radius 1 is 1.33 bits per heavy atom. The van der Waals surface area contributed by atoms with Crippen molar-refractivity contribution in [2.75, 3.05) is 20.8 Å². The number of methoxy groups -OCH3 is 2. The zero-order valence-corrected chi connectivity index (χ0v) is 12.2. The number of carbonyl (C=O) groups is 2. The molecule has 6 heteroatoms. The van der Waals surface area contributed by atoms with E-state index in [1.54, 1.807) is 25.3 Å². The molecule has 6 nitrogen and oxygen atoms in total. The highest BCUT2D eigenvalue weighted by atomic mass is 16.5. The zero-order valence-electron chi connectivity index (χ0n) is 12.2. The number of ether oxygens (including phenoxy) is 2. The zero-order chi connectivity index (χ0) is 15.4. The van der Waals surface area contributed by atoms with Gasteiger partial charge in [0.05, 0.1) is 20.6 Å². The van der Waals surface area contributed by atoms with Gasteiger partial charge in [0.2, 0.25) is 5.91 Å². The van der Waals surface area contributed by atoms with Crippen LogP contribution in [-0.2, 0) is 16.0 Å². The summed E-state index contributed by atoms with van der Waals surface area (Å²) in [6.07, 6.45) is 1.36. The Hall–Kier alpha value is -2.24. The summed E-state index contributed by atoms with van der Waals surface area (Å²) in [5, 5.41) is 9.13. The third kappa shape index (κ3) is 3.26. The van der Waals surface area contributed by atoms with E-state index in [-0.39, 0.29) is 12.3 Å². The van der Waals surface area contributed by atoms with Crippen LogP contribution in [0, 0.1) is 0 Å². The Bertz CT molecular complexity index is 543. The van der Waals surface area contributed by atoms with E-state index in [2.05, 4.69) is 0 Å². The topological polar surface area (TPSA) is 76.1 Å². The third-order valence-electron chi connectivity index (χ3n) is 3.69. The highest BCUT2D eigenvalue weighted by Gasteiger charge is 2.33. The molecule has 1 aromatic carbocycles. The van der Waals surface area contributed by atoms with Crippen LogP contribution in [0.1, 0.15) is 18.4 Å². The molecule has 0 radical (unpaired) electrons. The summed E-state index contributed by atoms with van der Waals surface area (Å²) in [6, 6.07) is 4.52. The van der Waals surface area contributed by atoms with Gasteiger partial charge in [-0.15, -0.1) is 0 Å². The van der Waals surface area contributed by atoms with E-state index in [4.69, 9.17) is 14.6 Å². The second-order valence-electron chi connectivity index (χ2n) is 4.94. The minimum absolute atomic E-state index is 0.122. The Labute approximate surface area is 123 Å². The van der Waals surface area contributed by atoms with Crippen molar-refractivity contribution in [3.05, 3.63) is 23.8 Å². The molecule has 1 aliphatic heterocycles. The lowest BCUT2D eigenvalue weighted by atomic mass is 10.1. The molecule has 1 heterocycles. The molecule has 0 aliphatic carbocycles. The summed E-state index contributed by atoms with van der Waals surface area (Å²) in [5.74, 6) is 0.0762. The molecule has 0 spiro atoms. The van der Waals surface area contributed by atoms with Gasteiger partial charge < -0.3 is 19.5 Å². The minimum Gasteiger partial charge on any atom is -0.497 e. The van der Waals surface area contributed by atoms with E-state index < -0.39 is 12.0 Å².